The molecule has 1 aromatic heterocycles. The van der Waals surface area contributed by atoms with E-state index in [-0.39, 0.29) is 5.91 Å². The van der Waals surface area contributed by atoms with Crippen molar-refractivity contribution in [3.8, 4) is 11.4 Å². The van der Waals surface area contributed by atoms with E-state index in [1.807, 2.05) is 40.7 Å². The van der Waals surface area contributed by atoms with Gasteiger partial charge in [-0.2, -0.15) is 0 Å². The first kappa shape index (κ1) is 19.5. The summed E-state index contributed by atoms with van der Waals surface area (Å²) < 4.78 is 7.28. The number of amides is 1. The molecule has 0 unspecified atom stereocenters. The SMILES string of the molecule is COc1cccc(-n2c(C)nnc2SCC(=O)N2CCc3ccccc3CC2)c1. The number of thioether (sulfide) groups is 1. The number of hydrogen-bond acceptors (Lipinski definition) is 5. The molecule has 0 N–H and O–H groups in total. The number of ether oxygens (including phenoxy) is 1. The van der Waals surface area contributed by atoms with Crippen molar-refractivity contribution in [1.29, 1.82) is 0 Å². The summed E-state index contributed by atoms with van der Waals surface area (Å²) in [4.78, 5) is 14.8. The van der Waals surface area contributed by atoms with Crippen LogP contribution in [-0.2, 0) is 17.6 Å². The number of benzene rings is 2. The summed E-state index contributed by atoms with van der Waals surface area (Å²) in [6.45, 7) is 3.43. The predicted molar refractivity (Wildman–Crippen MR) is 114 cm³/mol. The lowest BCUT2D eigenvalue weighted by atomic mass is 10.0. The first-order valence-corrected chi connectivity index (χ1v) is 10.7. The van der Waals surface area contributed by atoms with Crippen molar-refractivity contribution in [2.75, 3.05) is 26.0 Å². The lowest BCUT2D eigenvalue weighted by Gasteiger charge is -2.20. The summed E-state index contributed by atoms with van der Waals surface area (Å²) in [5.74, 6) is 2.03. The fourth-order valence-electron chi connectivity index (χ4n) is 3.62. The minimum atomic E-state index is 0.139. The van der Waals surface area contributed by atoms with Crippen LogP contribution in [-0.4, -0.2) is 51.5 Å². The number of rotatable bonds is 5. The number of aryl methyl sites for hydroxylation is 1. The molecular weight excluding hydrogens is 384 g/mol. The topological polar surface area (TPSA) is 60.2 Å². The number of carbonyl (C=O) groups is 1. The highest BCUT2D eigenvalue weighted by Gasteiger charge is 2.20. The third-order valence-electron chi connectivity index (χ3n) is 5.20. The molecule has 0 atom stereocenters. The largest absolute Gasteiger partial charge is 0.497 e. The summed E-state index contributed by atoms with van der Waals surface area (Å²) >= 11 is 1.43. The van der Waals surface area contributed by atoms with Crippen LogP contribution in [0.4, 0.5) is 0 Å². The molecule has 1 aliphatic rings. The molecule has 7 heteroatoms. The molecule has 0 fully saturated rings. The van der Waals surface area contributed by atoms with Gasteiger partial charge < -0.3 is 9.64 Å². The van der Waals surface area contributed by atoms with Gasteiger partial charge in [-0.15, -0.1) is 10.2 Å². The maximum atomic E-state index is 12.9. The van der Waals surface area contributed by atoms with Crippen molar-refractivity contribution in [2.24, 2.45) is 0 Å². The third-order valence-corrected chi connectivity index (χ3v) is 6.12. The molecule has 29 heavy (non-hydrogen) atoms. The van der Waals surface area contributed by atoms with Gasteiger partial charge in [-0.1, -0.05) is 42.1 Å². The smallest absolute Gasteiger partial charge is 0.233 e. The fourth-order valence-corrected chi connectivity index (χ4v) is 4.52. The molecule has 1 amide bonds. The summed E-state index contributed by atoms with van der Waals surface area (Å²) in [5, 5.41) is 9.20. The first-order chi connectivity index (χ1) is 14.2. The van der Waals surface area contributed by atoms with E-state index < -0.39 is 0 Å². The van der Waals surface area contributed by atoms with Gasteiger partial charge in [0.25, 0.3) is 0 Å². The second kappa shape index (κ2) is 8.69. The Kier molecular flexibility index (Phi) is 5.85. The monoisotopic (exact) mass is 408 g/mol. The highest BCUT2D eigenvalue weighted by atomic mass is 32.2. The molecule has 4 rings (SSSR count). The van der Waals surface area contributed by atoms with Gasteiger partial charge in [-0.25, -0.2) is 0 Å². The Morgan fingerprint density at radius 2 is 1.79 bits per heavy atom. The standard InChI is InChI=1S/C22H24N4O2S/c1-16-23-24-22(26(16)19-8-5-9-20(14-19)28-2)29-15-21(27)25-12-10-17-6-3-4-7-18(17)11-13-25/h3-9,14H,10-13,15H2,1-2H3. The van der Waals surface area contributed by atoms with Gasteiger partial charge in [0.2, 0.25) is 5.91 Å². The highest BCUT2D eigenvalue weighted by molar-refractivity contribution is 7.99. The van der Waals surface area contributed by atoms with Crippen LogP contribution in [0.15, 0.2) is 53.7 Å². The molecule has 2 heterocycles. The van der Waals surface area contributed by atoms with Crippen molar-refractivity contribution in [3.05, 3.63) is 65.5 Å². The van der Waals surface area contributed by atoms with Crippen LogP contribution >= 0.6 is 11.8 Å². The van der Waals surface area contributed by atoms with Crippen LogP contribution in [0.1, 0.15) is 17.0 Å². The summed E-state index contributed by atoms with van der Waals surface area (Å²) in [6.07, 6.45) is 1.82. The van der Waals surface area contributed by atoms with E-state index in [0.717, 1.165) is 43.2 Å². The minimum absolute atomic E-state index is 0.139. The highest BCUT2D eigenvalue weighted by Crippen LogP contribution is 2.25. The second-order valence-electron chi connectivity index (χ2n) is 7.00. The van der Waals surface area contributed by atoms with E-state index in [0.29, 0.717) is 10.9 Å². The van der Waals surface area contributed by atoms with Gasteiger partial charge in [0, 0.05) is 19.2 Å². The molecule has 0 radical (unpaired) electrons. The summed E-state index contributed by atoms with van der Waals surface area (Å²) in [5.41, 5.74) is 3.62. The Morgan fingerprint density at radius 1 is 1.07 bits per heavy atom. The van der Waals surface area contributed by atoms with Crippen molar-refractivity contribution in [2.45, 2.75) is 24.9 Å². The van der Waals surface area contributed by atoms with E-state index in [1.165, 1.54) is 22.9 Å². The number of methoxy groups -OCH3 is 1. The Labute approximate surface area is 174 Å². The van der Waals surface area contributed by atoms with E-state index in [9.17, 15) is 4.79 Å². The van der Waals surface area contributed by atoms with Crippen LogP contribution in [0.25, 0.3) is 5.69 Å². The van der Waals surface area contributed by atoms with E-state index in [1.54, 1.807) is 7.11 Å². The zero-order valence-corrected chi connectivity index (χ0v) is 17.5. The average molecular weight is 409 g/mol. The average Bonchev–Trinajstić information content (AvgIpc) is 2.98. The van der Waals surface area contributed by atoms with Crippen molar-refractivity contribution < 1.29 is 9.53 Å². The van der Waals surface area contributed by atoms with E-state index in [2.05, 4.69) is 34.5 Å². The predicted octanol–water partition coefficient (Wildman–Crippen LogP) is 3.30. The van der Waals surface area contributed by atoms with Crippen LogP contribution in [0.5, 0.6) is 5.75 Å². The van der Waals surface area contributed by atoms with Gasteiger partial charge in [-0.3, -0.25) is 9.36 Å². The second-order valence-corrected chi connectivity index (χ2v) is 7.95. The number of aromatic nitrogens is 3. The van der Waals surface area contributed by atoms with Crippen LogP contribution in [0.2, 0.25) is 0 Å². The molecule has 150 valence electrons. The van der Waals surface area contributed by atoms with Gasteiger partial charge >= 0.3 is 0 Å². The Balaban J connectivity index is 1.44. The van der Waals surface area contributed by atoms with Crippen molar-refractivity contribution in [1.82, 2.24) is 19.7 Å². The normalized spacial score (nSPS) is 13.7. The molecule has 2 aromatic carbocycles. The number of hydrogen-bond donors (Lipinski definition) is 0. The van der Waals surface area contributed by atoms with Crippen molar-refractivity contribution in [3.63, 3.8) is 0 Å². The summed E-state index contributed by atoms with van der Waals surface area (Å²) in [7, 11) is 1.64. The number of fused-ring (bicyclic) bond motifs is 1. The molecule has 1 aliphatic heterocycles. The van der Waals surface area contributed by atoms with Crippen LogP contribution in [0.3, 0.4) is 0 Å². The molecule has 0 saturated carbocycles. The van der Waals surface area contributed by atoms with Crippen LogP contribution < -0.4 is 4.74 Å². The zero-order valence-electron chi connectivity index (χ0n) is 16.7. The maximum absolute atomic E-state index is 12.9. The van der Waals surface area contributed by atoms with E-state index in [4.69, 9.17) is 4.74 Å². The zero-order chi connectivity index (χ0) is 20.2. The molecule has 0 aliphatic carbocycles. The molecule has 0 bridgehead atoms. The first-order valence-electron chi connectivity index (χ1n) is 9.69. The molecule has 3 aromatic rings. The molecular formula is C22H24N4O2S. The number of carbonyl (C=O) groups excluding carboxylic acids is 1. The fraction of sp³-hybridized carbons (Fsp3) is 0.318. The van der Waals surface area contributed by atoms with Crippen LogP contribution in [0, 0.1) is 6.92 Å². The lowest BCUT2D eigenvalue weighted by molar-refractivity contribution is -0.128. The lowest BCUT2D eigenvalue weighted by Crippen LogP contribution is -2.34. The quantitative estimate of drug-likeness (QED) is 0.606. The van der Waals surface area contributed by atoms with Crippen molar-refractivity contribution >= 4 is 17.7 Å². The van der Waals surface area contributed by atoms with Gasteiger partial charge in [0.15, 0.2) is 5.16 Å². The van der Waals surface area contributed by atoms with Gasteiger partial charge in [-0.05, 0) is 43.0 Å². The maximum Gasteiger partial charge on any atom is 0.233 e. The summed E-state index contributed by atoms with van der Waals surface area (Å²) in [6, 6.07) is 16.2. The van der Waals surface area contributed by atoms with Gasteiger partial charge in [0.1, 0.15) is 11.6 Å². The Morgan fingerprint density at radius 3 is 2.48 bits per heavy atom. The Bertz CT molecular complexity index is 991. The molecule has 0 saturated heterocycles. The third kappa shape index (κ3) is 4.29. The molecule has 6 nitrogen and oxygen atoms in total. The van der Waals surface area contributed by atoms with Gasteiger partial charge in [0.05, 0.1) is 18.6 Å². The van der Waals surface area contributed by atoms with E-state index >= 15 is 0 Å². The number of nitrogens with zero attached hydrogens (tertiary/aromatic N) is 4. The Hall–Kier alpha value is -2.80. The molecule has 0 spiro atoms. The minimum Gasteiger partial charge on any atom is -0.497 e.